The molecule has 6 N–H and O–H groups in total. The predicted molar refractivity (Wildman–Crippen MR) is 352 cm³/mol. The zero-order valence-electron chi connectivity index (χ0n) is 50.0. The molecular formula is C72H70Cl2N12O4. The molecule has 456 valence electrons. The number of rotatable bonds is 15. The first kappa shape index (κ1) is 60.8. The Bertz CT molecular complexity index is 4010. The summed E-state index contributed by atoms with van der Waals surface area (Å²) in [5.41, 5.74) is 25.1. The van der Waals surface area contributed by atoms with E-state index in [4.69, 9.17) is 50.4 Å². The van der Waals surface area contributed by atoms with Crippen LogP contribution in [0.2, 0.25) is 10.0 Å². The summed E-state index contributed by atoms with van der Waals surface area (Å²) in [6, 6.07) is 58.5. The van der Waals surface area contributed by atoms with Gasteiger partial charge in [-0.1, -0.05) is 163 Å². The van der Waals surface area contributed by atoms with E-state index in [0.29, 0.717) is 55.0 Å². The minimum absolute atomic E-state index is 0.0233. The monoisotopic (exact) mass is 1240 g/mol. The fourth-order valence-corrected chi connectivity index (χ4v) is 13.3. The maximum Gasteiger partial charge on any atom is 0.266 e. The van der Waals surface area contributed by atoms with E-state index in [0.717, 1.165) is 94.2 Å². The lowest BCUT2D eigenvalue weighted by Crippen LogP contribution is -2.48. The highest BCUT2D eigenvalue weighted by Gasteiger charge is 2.59. The molecule has 2 aliphatic carbocycles. The number of benzene rings is 6. The number of nitrogens with zero attached hydrogens (tertiary/aromatic N) is 9. The topological polar surface area (TPSA) is 222 Å². The first-order valence-corrected chi connectivity index (χ1v) is 31.3. The molecule has 90 heavy (non-hydrogen) atoms. The molecule has 2 saturated carbocycles. The van der Waals surface area contributed by atoms with Gasteiger partial charge in [-0.05, 0) is 155 Å². The van der Waals surface area contributed by atoms with E-state index >= 15 is 0 Å². The Morgan fingerprint density at radius 2 is 1.01 bits per heavy atom. The number of nitrogens with two attached hydrogens (primary N) is 3. The second-order valence-corrected chi connectivity index (χ2v) is 24.7. The highest BCUT2D eigenvalue weighted by atomic mass is 35.5. The van der Waals surface area contributed by atoms with Crippen LogP contribution in [0.3, 0.4) is 0 Å². The molecule has 16 nitrogen and oxygen atoms in total. The molecule has 3 fully saturated rings. The molecule has 4 amide bonds. The standard InChI is InChI=1S/C29H30N4O2.C25H23ClN4O.C18H17ClN4O/c30-28-31-29(24-12-6-2-7-13-24,25-14-8-3-9-15-25)27(35)33(28)21-23-16-18-32(19-17-23)26(34)20-22-10-4-1-5-11-22;26-22-6-2-4-19(16-22)18-3-1-5-21(15-18)25(20-7-8-20)23(31)30(24(27)29-25)14-11-17-9-12-28-13-10-17;1-23-16(24)18(13-5-6-13,22-17(23)20)14-4-2-3-11(7-14)12-8-15(19)10-21-9-12/h1-15,23H,16-21H2,(H2,30,31);1-6,9-10,12-13,15-16,20H,7-8,11,14H2,(H2,27,29);2-4,7-10,13H,5-6H2,1H3,(H2,20,22). The highest BCUT2D eigenvalue weighted by molar-refractivity contribution is 6.31. The van der Waals surface area contributed by atoms with Gasteiger partial charge in [0.2, 0.25) is 5.91 Å². The molecule has 18 heteroatoms. The van der Waals surface area contributed by atoms with E-state index in [1.165, 1.54) is 4.90 Å². The molecule has 14 rings (SSSR count). The molecule has 6 aromatic carbocycles. The lowest BCUT2D eigenvalue weighted by atomic mass is 9.82. The molecule has 0 radical (unpaired) electrons. The van der Waals surface area contributed by atoms with Crippen LogP contribution in [0.5, 0.6) is 0 Å². The van der Waals surface area contributed by atoms with E-state index in [-0.39, 0.29) is 53.3 Å². The van der Waals surface area contributed by atoms with Crippen molar-refractivity contribution in [1.82, 2.24) is 29.6 Å². The van der Waals surface area contributed by atoms with Crippen molar-refractivity contribution in [2.45, 2.75) is 68.0 Å². The second-order valence-electron chi connectivity index (χ2n) is 23.8. The summed E-state index contributed by atoms with van der Waals surface area (Å²) in [7, 11) is 1.68. The van der Waals surface area contributed by atoms with Gasteiger partial charge in [-0.3, -0.25) is 43.8 Å². The number of pyridine rings is 2. The normalized spacial score (nSPS) is 20.4. The maximum absolute atomic E-state index is 14.0. The Hall–Kier alpha value is -9.51. The zero-order chi connectivity index (χ0) is 62.6. The van der Waals surface area contributed by atoms with Crippen molar-refractivity contribution in [2.24, 2.45) is 49.9 Å². The number of carbonyl (C=O) groups is 4. The van der Waals surface area contributed by atoms with E-state index in [1.54, 1.807) is 41.6 Å². The highest BCUT2D eigenvalue weighted by Crippen LogP contribution is 2.53. The number of likely N-dealkylation sites (N-methyl/N-ethyl adjacent to an activating group) is 1. The number of guanidine groups is 3. The van der Waals surface area contributed by atoms with Gasteiger partial charge in [-0.25, -0.2) is 15.0 Å². The second kappa shape index (κ2) is 25.9. The van der Waals surface area contributed by atoms with E-state index < -0.39 is 16.6 Å². The van der Waals surface area contributed by atoms with Gasteiger partial charge >= 0.3 is 0 Å². The number of halogens is 2. The predicted octanol–water partition coefficient (Wildman–Crippen LogP) is 10.8. The summed E-state index contributed by atoms with van der Waals surface area (Å²) in [6.45, 7) is 2.40. The molecule has 2 atom stereocenters. The number of carbonyl (C=O) groups excluding carboxylic acids is 4. The first-order chi connectivity index (χ1) is 43.7. The number of likely N-dealkylation sites (tertiary alicyclic amines) is 1. The number of amides is 4. The van der Waals surface area contributed by atoms with Crippen LogP contribution in [0.15, 0.2) is 222 Å². The number of piperidine rings is 1. The first-order valence-electron chi connectivity index (χ1n) is 30.6. The van der Waals surface area contributed by atoms with Gasteiger partial charge in [0.25, 0.3) is 17.7 Å². The van der Waals surface area contributed by atoms with E-state index in [1.807, 2.05) is 181 Å². The third-order valence-corrected chi connectivity index (χ3v) is 18.5. The van der Waals surface area contributed by atoms with Crippen molar-refractivity contribution >= 4 is 64.7 Å². The molecule has 2 aromatic heterocycles. The van der Waals surface area contributed by atoms with E-state index in [9.17, 15) is 19.2 Å². The Morgan fingerprint density at radius 1 is 0.500 bits per heavy atom. The average molecular weight is 1240 g/mol. The Kier molecular flexibility index (Phi) is 17.5. The van der Waals surface area contributed by atoms with Crippen molar-refractivity contribution in [3.8, 4) is 22.3 Å². The van der Waals surface area contributed by atoms with Crippen LogP contribution in [0.25, 0.3) is 22.3 Å². The fourth-order valence-electron chi connectivity index (χ4n) is 12.9. The molecule has 1 saturated heterocycles. The minimum atomic E-state index is -1.17. The van der Waals surface area contributed by atoms with Gasteiger partial charge in [0.15, 0.2) is 34.5 Å². The zero-order valence-corrected chi connectivity index (χ0v) is 51.5. The van der Waals surface area contributed by atoms with Gasteiger partial charge < -0.3 is 22.1 Å². The van der Waals surface area contributed by atoms with Crippen LogP contribution in [-0.2, 0) is 48.6 Å². The van der Waals surface area contributed by atoms with Gasteiger partial charge in [0.1, 0.15) is 0 Å². The van der Waals surface area contributed by atoms with Crippen LogP contribution in [0.4, 0.5) is 0 Å². The largest absolute Gasteiger partial charge is 0.369 e. The maximum atomic E-state index is 14.0. The van der Waals surface area contributed by atoms with Crippen LogP contribution in [0.1, 0.15) is 71.9 Å². The number of aliphatic imine (C=N–C) groups is 3. The summed E-state index contributed by atoms with van der Waals surface area (Å²) in [6.07, 6.45) is 13.6. The van der Waals surface area contributed by atoms with Gasteiger partial charge in [-0.15, -0.1) is 0 Å². The van der Waals surface area contributed by atoms with Gasteiger partial charge in [0, 0.05) is 68.6 Å². The molecule has 6 heterocycles. The minimum Gasteiger partial charge on any atom is -0.369 e. The number of hydrogen-bond acceptors (Lipinski definition) is 12. The lowest BCUT2D eigenvalue weighted by Gasteiger charge is -2.34. The number of hydrogen-bond donors (Lipinski definition) is 3. The SMILES string of the molecule is CN1C(=O)C(c2cccc(-c3cncc(Cl)c3)c2)(C2CC2)N=C1N.NC1=NC(c2cccc(-c3cccc(Cl)c3)c2)(C2CC2)C(=O)N1CCc1ccncc1.NC1=NC(c2ccccc2)(c2ccccc2)C(=O)N1CC1CCN(C(=O)Cc2ccccc2)CC1. The summed E-state index contributed by atoms with van der Waals surface area (Å²) in [5, 5.41) is 1.26. The third kappa shape index (κ3) is 12.2. The van der Waals surface area contributed by atoms with Crippen molar-refractivity contribution in [1.29, 1.82) is 0 Å². The Morgan fingerprint density at radius 3 is 1.57 bits per heavy atom. The van der Waals surface area contributed by atoms with Crippen molar-refractivity contribution in [3.05, 3.63) is 250 Å². The summed E-state index contributed by atoms with van der Waals surface area (Å²) >= 11 is 12.2. The molecule has 4 aliphatic heterocycles. The van der Waals surface area contributed by atoms with E-state index in [2.05, 4.69) is 21.0 Å². The van der Waals surface area contributed by atoms with Crippen molar-refractivity contribution in [3.63, 3.8) is 0 Å². The Labute approximate surface area is 534 Å². The summed E-state index contributed by atoms with van der Waals surface area (Å²) < 4.78 is 0. The third-order valence-electron chi connectivity index (χ3n) is 18.0. The smallest absolute Gasteiger partial charge is 0.266 e. The summed E-state index contributed by atoms with van der Waals surface area (Å²) in [5.74, 6) is 1.45. The Balaban J connectivity index is 0.000000133. The van der Waals surface area contributed by atoms with Crippen molar-refractivity contribution < 1.29 is 19.2 Å². The van der Waals surface area contributed by atoms with Gasteiger partial charge in [-0.2, -0.15) is 0 Å². The molecular weight excluding hydrogens is 1170 g/mol. The fraction of sp³-hybridized carbons (Fsp3) is 0.264. The molecule has 6 aliphatic rings. The number of aromatic nitrogens is 2. The average Bonchev–Trinajstić information content (AvgIpc) is 1.89. The van der Waals surface area contributed by atoms with Gasteiger partial charge in [0.05, 0.1) is 11.4 Å². The molecule has 2 unspecified atom stereocenters. The van der Waals surface area contributed by atoms with Crippen LogP contribution in [-0.4, -0.2) is 104 Å². The van der Waals surface area contributed by atoms with Crippen LogP contribution < -0.4 is 17.2 Å². The molecule has 0 spiro atoms. The molecule has 8 aromatic rings. The van der Waals surface area contributed by atoms with Crippen molar-refractivity contribution in [2.75, 3.05) is 33.2 Å². The lowest BCUT2D eigenvalue weighted by molar-refractivity contribution is -0.133. The van der Waals surface area contributed by atoms with Crippen LogP contribution >= 0.6 is 23.2 Å². The quantitative estimate of drug-likeness (QED) is 0.0887. The summed E-state index contributed by atoms with van der Waals surface area (Å²) in [4.78, 5) is 82.4. The molecule has 0 bridgehead atoms. The van der Waals surface area contributed by atoms with Crippen LogP contribution in [0, 0.1) is 17.8 Å².